The van der Waals surface area contributed by atoms with Gasteiger partial charge in [-0.15, -0.1) is 0 Å². The van der Waals surface area contributed by atoms with Crippen LogP contribution in [0, 0.1) is 5.92 Å². The van der Waals surface area contributed by atoms with Gasteiger partial charge in [0.05, 0.1) is 13.2 Å². The smallest absolute Gasteiger partial charge is 0.0620 e. The van der Waals surface area contributed by atoms with Gasteiger partial charge in [-0.2, -0.15) is 0 Å². The van der Waals surface area contributed by atoms with E-state index in [1.165, 1.54) is 19.3 Å². The SMILES string of the molecule is CC1COCC(CC2CCOCC2)N1. The van der Waals surface area contributed by atoms with Gasteiger partial charge in [0.1, 0.15) is 0 Å². The van der Waals surface area contributed by atoms with E-state index in [-0.39, 0.29) is 0 Å². The topological polar surface area (TPSA) is 30.5 Å². The summed E-state index contributed by atoms with van der Waals surface area (Å²) in [4.78, 5) is 0. The standard InChI is InChI=1S/C11H21NO2/c1-9-7-14-8-11(12-9)6-10-2-4-13-5-3-10/h9-12H,2-8H2,1H3. The summed E-state index contributed by atoms with van der Waals surface area (Å²) in [6, 6.07) is 1.09. The van der Waals surface area contributed by atoms with E-state index >= 15 is 0 Å². The molecule has 2 aliphatic rings. The third-order valence-corrected chi connectivity index (χ3v) is 3.17. The van der Waals surface area contributed by atoms with Gasteiger partial charge in [-0.25, -0.2) is 0 Å². The maximum atomic E-state index is 5.54. The van der Waals surface area contributed by atoms with Crippen LogP contribution in [0.5, 0.6) is 0 Å². The van der Waals surface area contributed by atoms with E-state index in [0.717, 1.165) is 32.3 Å². The molecule has 3 heteroatoms. The van der Waals surface area contributed by atoms with Crippen LogP contribution in [0.1, 0.15) is 26.2 Å². The molecule has 0 bridgehead atoms. The lowest BCUT2D eigenvalue weighted by Crippen LogP contribution is -2.48. The van der Waals surface area contributed by atoms with Crippen molar-refractivity contribution in [2.45, 2.75) is 38.3 Å². The third-order valence-electron chi connectivity index (χ3n) is 3.17. The fourth-order valence-electron chi connectivity index (χ4n) is 2.41. The van der Waals surface area contributed by atoms with E-state index in [9.17, 15) is 0 Å². The van der Waals surface area contributed by atoms with Crippen LogP contribution < -0.4 is 5.32 Å². The molecule has 82 valence electrons. The highest BCUT2D eigenvalue weighted by Gasteiger charge is 2.23. The van der Waals surface area contributed by atoms with Crippen molar-refractivity contribution in [1.29, 1.82) is 0 Å². The Hall–Kier alpha value is -0.120. The molecule has 1 N–H and O–H groups in total. The second kappa shape index (κ2) is 5.10. The van der Waals surface area contributed by atoms with Gasteiger partial charge >= 0.3 is 0 Å². The molecular formula is C11H21NO2. The second-order valence-electron chi connectivity index (χ2n) is 4.59. The fraction of sp³-hybridized carbons (Fsp3) is 1.00. The average molecular weight is 199 g/mol. The number of ether oxygens (including phenoxy) is 2. The Bertz CT molecular complexity index is 169. The Morgan fingerprint density at radius 2 is 1.93 bits per heavy atom. The Morgan fingerprint density at radius 1 is 1.14 bits per heavy atom. The van der Waals surface area contributed by atoms with Crippen molar-refractivity contribution >= 4 is 0 Å². The van der Waals surface area contributed by atoms with Crippen molar-refractivity contribution in [3.8, 4) is 0 Å². The molecule has 2 heterocycles. The van der Waals surface area contributed by atoms with Gasteiger partial charge in [-0.05, 0) is 32.1 Å². The summed E-state index contributed by atoms with van der Waals surface area (Å²) in [6.07, 6.45) is 3.72. The fourth-order valence-corrected chi connectivity index (χ4v) is 2.41. The minimum Gasteiger partial charge on any atom is -0.381 e. The first-order valence-electron chi connectivity index (χ1n) is 5.76. The van der Waals surface area contributed by atoms with Gasteiger partial charge < -0.3 is 14.8 Å². The molecule has 0 radical (unpaired) electrons. The van der Waals surface area contributed by atoms with Gasteiger partial charge in [0.25, 0.3) is 0 Å². The molecule has 0 amide bonds. The summed E-state index contributed by atoms with van der Waals surface area (Å²) in [5, 5.41) is 3.60. The average Bonchev–Trinajstić information content (AvgIpc) is 2.19. The molecule has 2 fully saturated rings. The van der Waals surface area contributed by atoms with Crippen molar-refractivity contribution < 1.29 is 9.47 Å². The van der Waals surface area contributed by atoms with Crippen LogP contribution in [0.3, 0.4) is 0 Å². The van der Waals surface area contributed by atoms with E-state index in [0.29, 0.717) is 12.1 Å². The molecule has 2 saturated heterocycles. The normalized spacial score (nSPS) is 35.8. The van der Waals surface area contributed by atoms with Crippen LogP contribution in [0.2, 0.25) is 0 Å². The highest BCUT2D eigenvalue weighted by Crippen LogP contribution is 2.21. The lowest BCUT2D eigenvalue weighted by molar-refractivity contribution is 0.0242. The van der Waals surface area contributed by atoms with Crippen molar-refractivity contribution in [3.05, 3.63) is 0 Å². The minimum absolute atomic E-state index is 0.522. The molecule has 2 atom stereocenters. The predicted molar refractivity (Wildman–Crippen MR) is 55.4 cm³/mol. The van der Waals surface area contributed by atoms with Crippen LogP contribution in [-0.4, -0.2) is 38.5 Å². The van der Waals surface area contributed by atoms with Crippen LogP contribution in [-0.2, 0) is 9.47 Å². The summed E-state index contributed by atoms with van der Waals surface area (Å²) in [5.74, 6) is 0.843. The van der Waals surface area contributed by atoms with E-state index < -0.39 is 0 Å². The zero-order valence-electron chi connectivity index (χ0n) is 9.00. The summed E-state index contributed by atoms with van der Waals surface area (Å²) in [7, 11) is 0. The van der Waals surface area contributed by atoms with Gasteiger partial charge in [0.15, 0.2) is 0 Å². The zero-order valence-corrected chi connectivity index (χ0v) is 9.00. The lowest BCUT2D eigenvalue weighted by Gasteiger charge is -2.32. The second-order valence-corrected chi connectivity index (χ2v) is 4.59. The number of hydrogen-bond acceptors (Lipinski definition) is 3. The lowest BCUT2D eigenvalue weighted by atomic mass is 9.92. The molecular weight excluding hydrogens is 178 g/mol. The third kappa shape index (κ3) is 2.94. The van der Waals surface area contributed by atoms with Gasteiger partial charge in [0.2, 0.25) is 0 Å². The van der Waals surface area contributed by atoms with E-state index in [4.69, 9.17) is 9.47 Å². The highest BCUT2D eigenvalue weighted by molar-refractivity contribution is 4.79. The predicted octanol–water partition coefficient (Wildman–Crippen LogP) is 1.18. The molecule has 2 aliphatic heterocycles. The van der Waals surface area contributed by atoms with Gasteiger partial charge in [-0.1, -0.05) is 0 Å². The highest BCUT2D eigenvalue weighted by atomic mass is 16.5. The molecule has 0 saturated carbocycles. The molecule has 0 aromatic carbocycles. The quantitative estimate of drug-likeness (QED) is 0.724. The van der Waals surface area contributed by atoms with E-state index in [1.54, 1.807) is 0 Å². The van der Waals surface area contributed by atoms with Crippen molar-refractivity contribution in [2.75, 3.05) is 26.4 Å². The van der Waals surface area contributed by atoms with Crippen LogP contribution >= 0.6 is 0 Å². The Balaban J connectivity index is 1.72. The maximum Gasteiger partial charge on any atom is 0.0620 e. The molecule has 0 aliphatic carbocycles. The Morgan fingerprint density at radius 3 is 2.64 bits per heavy atom. The largest absolute Gasteiger partial charge is 0.381 e. The first-order chi connectivity index (χ1) is 6.84. The molecule has 2 rings (SSSR count). The number of nitrogens with one attached hydrogen (secondary N) is 1. The summed E-state index contributed by atoms with van der Waals surface area (Å²) >= 11 is 0. The Kier molecular flexibility index (Phi) is 3.79. The zero-order chi connectivity index (χ0) is 9.80. The number of rotatable bonds is 2. The van der Waals surface area contributed by atoms with Crippen molar-refractivity contribution in [3.63, 3.8) is 0 Å². The molecule has 0 aromatic rings. The first-order valence-corrected chi connectivity index (χ1v) is 5.76. The molecule has 2 unspecified atom stereocenters. The monoisotopic (exact) mass is 199 g/mol. The maximum absolute atomic E-state index is 5.54. The van der Waals surface area contributed by atoms with Crippen molar-refractivity contribution in [1.82, 2.24) is 5.32 Å². The van der Waals surface area contributed by atoms with Gasteiger partial charge in [0, 0.05) is 25.3 Å². The van der Waals surface area contributed by atoms with E-state index in [2.05, 4.69) is 12.2 Å². The summed E-state index contributed by atoms with van der Waals surface area (Å²) in [6.45, 7) is 5.85. The minimum atomic E-state index is 0.522. The molecule has 0 spiro atoms. The van der Waals surface area contributed by atoms with Crippen LogP contribution in [0.15, 0.2) is 0 Å². The first kappa shape index (κ1) is 10.4. The van der Waals surface area contributed by atoms with Crippen LogP contribution in [0.25, 0.3) is 0 Å². The molecule has 14 heavy (non-hydrogen) atoms. The summed E-state index contributed by atoms with van der Waals surface area (Å²) in [5.41, 5.74) is 0. The van der Waals surface area contributed by atoms with Crippen molar-refractivity contribution in [2.24, 2.45) is 5.92 Å². The Labute approximate surface area is 86.2 Å². The van der Waals surface area contributed by atoms with Crippen LogP contribution in [0.4, 0.5) is 0 Å². The molecule has 0 aromatic heterocycles. The molecule has 3 nitrogen and oxygen atoms in total. The number of hydrogen-bond donors (Lipinski definition) is 1. The van der Waals surface area contributed by atoms with Gasteiger partial charge in [-0.3, -0.25) is 0 Å². The van der Waals surface area contributed by atoms with E-state index in [1.807, 2.05) is 0 Å². The number of morpholine rings is 1. The summed E-state index contributed by atoms with van der Waals surface area (Å²) < 4.78 is 10.9.